The van der Waals surface area contributed by atoms with E-state index in [0.717, 1.165) is 64.7 Å². The van der Waals surface area contributed by atoms with Crippen molar-refractivity contribution in [3.05, 3.63) is 117 Å². The predicted molar refractivity (Wildman–Crippen MR) is 232 cm³/mol. The fourth-order valence-electron chi connectivity index (χ4n) is 9.43. The number of ether oxygens (including phenoxy) is 2. The Morgan fingerprint density at radius 3 is 2.21 bits per heavy atom. The molecule has 5 nitrogen and oxygen atoms in total. The molecule has 2 aromatic heterocycles. The summed E-state index contributed by atoms with van der Waals surface area (Å²) in [6.45, 7) is 27.5. The summed E-state index contributed by atoms with van der Waals surface area (Å²) in [6.07, 6.45) is 6.58. The number of nitrogens with zero attached hydrogens (tertiary/aromatic N) is 3. The predicted octanol–water partition coefficient (Wildman–Crippen LogP) is 13.1. The summed E-state index contributed by atoms with van der Waals surface area (Å²) in [5.74, 6) is 2.46. The van der Waals surface area contributed by atoms with Crippen LogP contribution in [0.1, 0.15) is 124 Å². The van der Waals surface area contributed by atoms with Crippen LogP contribution in [-0.4, -0.2) is 28.1 Å². The monoisotopic (exact) mass is 938 g/mol. The molecule has 298 valence electrons. The van der Waals surface area contributed by atoms with Crippen molar-refractivity contribution in [2.45, 2.75) is 126 Å². The molecule has 0 radical (unpaired) electrons. The second-order valence-corrected chi connectivity index (χ2v) is 18.2. The Labute approximate surface area is 354 Å². The fraction of sp³-hybridized carbons (Fsp3) is 0.412. The molecule has 4 heterocycles. The minimum atomic E-state index is -0.282. The quantitative estimate of drug-likeness (QED) is 0.136. The SMILES string of the molecule is CCCC(CCC)[C@@H]1COC(c2[c-]c(Oc3[c-]c4c(cc3C)C(C)(C)c3cc(C(C)(C)C)cc5c6cc(C)cnc6n-4c35)cc(-c3c(C)cc(C)cc3C)c2)=N1.[Pt+2]. The molecule has 6 heteroatoms. The van der Waals surface area contributed by atoms with Gasteiger partial charge in [0.25, 0.3) is 0 Å². The molecule has 0 unspecified atom stereocenters. The molecule has 0 spiro atoms. The molecule has 0 amide bonds. The van der Waals surface area contributed by atoms with E-state index in [2.05, 4.69) is 148 Å². The van der Waals surface area contributed by atoms with Crippen molar-refractivity contribution >= 4 is 27.8 Å². The van der Waals surface area contributed by atoms with Gasteiger partial charge in [-0.05, 0) is 103 Å². The van der Waals surface area contributed by atoms with Crippen LogP contribution >= 0.6 is 0 Å². The summed E-state index contributed by atoms with van der Waals surface area (Å²) >= 11 is 0. The van der Waals surface area contributed by atoms with Crippen molar-refractivity contribution < 1.29 is 30.5 Å². The van der Waals surface area contributed by atoms with Gasteiger partial charge < -0.3 is 14.0 Å². The van der Waals surface area contributed by atoms with Crippen LogP contribution in [0, 0.1) is 52.7 Å². The van der Waals surface area contributed by atoms with E-state index in [9.17, 15) is 0 Å². The van der Waals surface area contributed by atoms with E-state index >= 15 is 0 Å². The Hall–Kier alpha value is -4.21. The number of aryl methyl sites for hydroxylation is 5. The molecule has 8 rings (SSSR count). The van der Waals surface area contributed by atoms with E-state index < -0.39 is 0 Å². The van der Waals surface area contributed by atoms with Crippen molar-refractivity contribution in [3.63, 3.8) is 0 Å². The van der Waals surface area contributed by atoms with E-state index in [1.54, 1.807) is 0 Å². The molecule has 0 aliphatic carbocycles. The molecule has 6 aromatic rings. The average molecular weight is 939 g/mol. The first-order valence-corrected chi connectivity index (χ1v) is 20.7. The normalized spacial score (nSPS) is 15.8. The van der Waals surface area contributed by atoms with E-state index in [0.29, 0.717) is 29.9 Å². The molecule has 4 aromatic carbocycles. The molecule has 0 bridgehead atoms. The third-order valence-electron chi connectivity index (χ3n) is 12.3. The molecule has 57 heavy (non-hydrogen) atoms. The van der Waals surface area contributed by atoms with Crippen LogP contribution in [0.5, 0.6) is 11.5 Å². The third kappa shape index (κ3) is 7.17. The second-order valence-electron chi connectivity index (χ2n) is 18.2. The molecular weight excluding hydrogens is 882 g/mol. The van der Waals surface area contributed by atoms with Crippen molar-refractivity contribution in [3.8, 4) is 28.3 Å². The first kappa shape index (κ1) is 41.0. The van der Waals surface area contributed by atoms with Gasteiger partial charge in [-0.25, -0.2) is 4.98 Å². The van der Waals surface area contributed by atoms with E-state index in [4.69, 9.17) is 19.5 Å². The van der Waals surface area contributed by atoms with Gasteiger partial charge >= 0.3 is 21.1 Å². The number of hydrogen-bond acceptors (Lipinski definition) is 4. The van der Waals surface area contributed by atoms with Crippen molar-refractivity contribution in [1.82, 2.24) is 9.55 Å². The number of hydrogen-bond donors (Lipinski definition) is 0. The summed E-state index contributed by atoms with van der Waals surface area (Å²) < 4.78 is 15.7. The van der Waals surface area contributed by atoms with Crippen LogP contribution in [0.3, 0.4) is 0 Å². The number of aromatic nitrogens is 2. The van der Waals surface area contributed by atoms with Crippen LogP contribution in [0.15, 0.2) is 59.7 Å². The summed E-state index contributed by atoms with van der Waals surface area (Å²) in [5, 5.41) is 2.40. The number of pyridine rings is 1. The van der Waals surface area contributed by atoms with Gasteiger partial charge in [-0.15, -0.1) is 23.3 Å². The van der Waals surface area contributed by atoms with Gasteiger partial charge in [0, 0.05) is 28.5 Å². The molecule has 0 N–H and O–H groups in total. The van der Waals surface area contributed by atoms with Crippen LogP contribution in [0.2, 0.25) is 0 Å². The zero-order valence-electron chi connectivity index (χ0n) is 35.9. The Kier molecular flexibility index (Phi) is 10.9. The van der Waals surface area contributed by atoms with Gasteiger partial charge in [-0.2, -0.15) is 6.07 Å². The molecule has 2 aliphatic rings. The maximum Gasteiger partial charge on any atom is 2.00 e. The Morgan fingerprint density at radius 2 is 1.54 bits per heavy atom. The van der Waals surface area contributed by atoms with E-state index in [1.165, 1.54) is 49.8 Å². The van der Waals surface area contributed by atoms with Gasteiger partial charge in [0.2, 0.25) is 0 Å². The van der Waals surface area contributed by atoms with Crippen LogP contribution in [0.25, 0.3) is 38.8 Å². The summed E-state index contributed by atoms with van der Waals surface area (Å²) in [7, 11) is 0. The maximum atomic E-state index is 6.96. The molecule has 0 saturated heterocycles. The Bertz CT molecular complexity index is 2540. The molecule has 0 fully saturated rings. The van der Waals surface area contributed by atoms with Gasteiger partial charge in [-0.1, -0.05) is 121 Å². The zero-order chi connectivity index (χ0) is 39.8. The number of aliphatic imine (C=N–C) groups is 1. The average Bonchev–Trinajstić information content (AvgIpc) is 3.74. The topological polar surface area (TPSA) is 48.6 Å². The summed E-state index contributed by atoms with van der Waals surface area (Å²) in [5.41, 5.74) is 15.6. The zero-order valence-corrected chi connectivity index (χ0v) is 38.1. The Balaban J connectivity index is 0.00000496. The maximum absolute atomic E-state index is 6.96. The molecule has 2 aliphatic heterocycles. The smallest absolute Gasteiger partial charge is 0.518 e. The van der Waals surface area contributed by atoms with E-state index in [-0.39, 0.29) is 37.9 Å². The standard InChI is InChI=1S/C51H57N3O2.Pt/c1-13-15-34(16-14-2)43-28-55-49(53-43)36-21-35(46-32(6)17-29(3)18-33(46)7)22-38(23-36)56-45-26-44-41(20-31(45)5)51(11,12)42-25-37(50(8,9)10)24-39-40-19-30(4)27-52-48(40)54(44)47(39)42;/h17-22,24-25,27,34,43H,13-16,28H2,1-12H3;/q-2;+2/t43-;/m0./s1. The molecule has 0 saturated carbocycles. The van der Waals surface area contributed by atoms with Crippen molar-refractivity contribution in [1.29, 1.82) is 0 Å². The first-order chi connectivity index (χ1) is 26.6. The van der Waals surface area contributed by atoms with Crippen LogP contribution < -0.4 is 4.74 Å². The largest absolute Gasteiger partial charge is 2.00 e. The number of fused-ring (bicyclic) bond motifs is 5. The second kappa shape index (κ2) is 15.2. The third-order valence-corrected chi connectivity index (χ3v) is 12.3. The fourth-order valence-corrected chi connectivity index (χ4v) is 9.43. The molecule has 1 atom stereocenters. The first-order valence-electron chi connectivity index (χ1n) is 20.7. The van der Waals surface area contributed by atoms with Crippen LogP contribution in [-0.2, 0) is 36.6 Å². The van der Waals surface area contributed by atoms with Crippen LogP contribution in [0.4, 0.5) is 0 Å². The molecular formula is C51H57N3O2Pt. The minimum absolute atomic E-state index is 0. The summed E-state index contributed by atoms with van der Waals surface area (Å²) in [6, 6.07) is 25.8. The number of benzene rings is 4. The van der Waals surface area contributed by atoms with Gasteiger partial charge in [-0.3, -0.25) is 4.99 Å². The Morgan fingerprint density at radius 1 is 0.842 bits per heavy atom. The van der Waals surface area contributed by atoms with Gasteiger partial charge in [0.05, 0.1) is 18.2 Å². The minimum Gasteiger partial charge on any atom is -0.518 e. The van der Waals surface area contributed by atoms with Gasteiger partial charge in [0.1, 0.15) is 11.5 Å². The van der Waals surface area contributed by atoms with E-state index in [1.807, 2.05) is 6.20 Å². The van der Waals surface area contributed by atoms with Crippen molar-refractivity contribution in [2.75, 3.05) is 6.61 Å². The van der Waals surface area contributed by atoms with Gasteiger partial charge in [0.15, 0.2) is 0 Å². The summed E-state index contributed by atoms with van der Waals surface area (Å²) in [4.78, 5) is 10.3. The van der Waals surface area contributed by atoms with Crippen molar-refractivity contribution in [2.24, 2.45) is 10.9 Å². The number of rotatable bonds is 9.